The van der Waals surface area contributed by atoms with Crippen molar-refractivity contribution in [3.63, 3.8) is 0 Å². The molecular weight excluding hydrogens is 280 g/mol. The zero-order valence-electron chi connectivity index (χ0n) is 12.5. The molecule has 2 N–H and O–H groups in total. The minimum Gasteiger partial charge on any atom is -0.388 e. The number of thioether (sulfide) groups is 1. The molecule has 2 aromatic carbocycles. The first-order valence-corrected chi connectivity index (χ1v) is 8.29. The lowest BCUT2D eigenvalue weighted by atomic mass is 10.1. The van der Waals surface area contributed by atoms with E-state index < -0.39 is 12.2 Å². The molecule has 112 valence electrons. The molecule has 0 aliphatic heterocycles. The highest BCUT2D eigenvalue weighted by molar-refractivity contribution is 7.99. The Kier molecular flexibility index (Phi) is 5.85. The summed E-state index contributed by atoms with van der Waals surface area (Å²) in [6.45, 7) is 4.06. The summed E-state index contributed by atoms with van der Waals surface area (Å²) in [4.78, 5) is 0. The van der Waals surface area contributed by atoms with E-state index in [1.165, 1.54) is 11.1 Å². The molecule has 21 heavy (non-hydrogen) atoms. The molecule has 0 amide bonds. The van der Waals surface area contributed by atoms with Gasteiger partial charge in [-0.15, -0.1) is 0 Å². The largest absolute Gasteiger partial charge is 0.388 e. The van der Waals surface area contributed by atoms with Crippen LogP contribution in [0.5, 0.6) is 0 Å². The van der Waals surface area contributed by atoms with Crippen molar-refractivity contribution in [1.82, 2.24) is 0 Å². The predicted molar refractivity (Wildman–Crippen MR) is 89.6 cm³/mol. The Balaban J connectivity index is 1.80. The van der Waals surface area contributed by atoms with Crippen LogP contribution < -0.4 is 0 Å². The Morgan fingerprint density at radius 2 is 1.05 bits per heavy atom. The molecule has 0 saturated carbocycles. The Bertz CT molecular complexity index is 497. The second-order valence-electron chi connectivity index (χ2n) is 5.39. The van der Waals surface area contributed by atoms with Crippen LogP contribution in [0.2, 0.25) is 0 Å². The summed E-state index contributed by atoms with van der Waals surface area (Å²) >= 11 is 1.57. The summed E-state index contributed by atoms with van der Waals surface area (Å²) in [6.07, 6.45) is -0.971. The summed E-state index contributed by atoms with van der Waals surface area (Å²) < 4.78 is 0. The molecule has 2 unspecified atom stereocenters. The zero-order chi connectivity index (χ0) is 15.2. The normalized spacial score (nSPS) is 13.9. The van der Waals surface area contributed by atoms with Crippen molar-refractivity contribution in [1.29, 1.82) is 0 Å². The van der Waals surface area contributed by atoms with E-state index in [4.69, 9.17) is 0 Å². The van der Waals surface area contributed by atoms with Gasteiger partial charge in [-0.1, -0.05) is 59.7 Å². The summed E-state index contributed by atoms with van der Waals surface area (Å²) in [6, 6.07) is 15.8. The molecule has 2 nitrogen and oxygen atoms in total. The first kappa shape index (κ1) is 16.1. The maximum atomic E-state index is 10.1. The van der Waals surface area contributed by atoms with Gasteiger partial charge in [-0.25, -0.2) is 0 Å². The molecule has 0 aliphatic rings. The molecule has 0 radical (unpaired) electrons. The molecule has 2 rings (SSSR count). The van der Waals surface area contributed by atoms with Crippen LogP contribution in [0.3, 0.4) is 0 Å². The van der Waals surface area contributed by atoms with Crippen LogP contribution in [0.15, 0.2) is 48.5 Å². The van der Waals surface area contributed by atoms with Crippen molar-refractivity contribution >= 4 is 11.8 Å². The van der Waals surface area contributed by atoms with Gasteiger partial charge in [0, 0.05) is 11.5 Å². The van der Waals surface area contributed by atoms with Crippen LogP contribution in [0.25, 0.3) is 0 Å². The molecule has 3 heteroatoms. The Morgan fingerprint density at radius 3 is 1.38 bits per heavy atom. The van der Waals surface area contributed by atoms with Gasteiger partial charge < -0.3 is 10.2 Å². The molecule has 2 aromatic rings. The van der Waals surface area contributed by atoms with E-state index in [0.717, 1.165) is 11.1 Å². The van der Waals surface area contributed by atoms with E-state index in [9.17, 15) is 10.2 Å². The van der Waals surface area contributed by atoms with Gasteiger partial charge >= 0.3 is 0 Å². The van der Waals surface area contributed by atoms with Gasteiger partial charge in [-0.05, 0) is 25.0 Å². The highest BCUT2D eigenvalue weighted by atomic mass is 32.2. The van der Waals surface area contributed by atoms with Gasteiger partial charge in [-0.2, -0.15) is 11.8 Å². The third-order valence-electron chi connectivity index (χ3n) is 3.48. The summed E-state index contributed by atoms with van der Waals surface area (Å²) in [5.41, 5.74) is 4.23. The lowest BCUT2D eigenvalue weighted by Gasteiger charge is -2.14. The number of rotatable bonds is 6. The highest BCUT2D eigenvalue weighted by Crippen LogP contribution is 2.23. The van der Waals surface area contributed by atoms with Gasteiger partial charge in [0.15, 0.2) is 0 Å². The molecule has 0 heterocycles. The monoisotopic (exact) mass is 302 g/mol. The standard InChI is InChI=1S/C18H22O2S/c1-13-3-7-15(8-4-13)17(19)11-21-12-18(20)16-9-5-14(2)6-10-16/h3-10,17-20H,11-12H2,1-2H3. The average Bonchev–Trinajstić information content (AvgIpc) is 2.48. The van der Waals surface area contributed by atoms with Gasteiger partial charge in [0.1, 0.15) is 0 Å². The third-order valence-corrected chi connectivity index (χ3v) is 4.58. The quantitative estimate of drug-likeness (QED) is 0.852. The zero-order valence-corrected chi connectivity index (χ0v) is 13.3. The van der Waals surface area contributed by atoms with Crippen molar-refractivity contribution in [3.05, 3.63) is 70.8 Å². The number of hydrogen-bond acceptors (Lipinski definition) is 3. The minimum absolute atomic E-state index is 0.485. The first-order chi connectivity index (χ1) is 10.1. The van der Waals surface area contributed by atoms with Crippen LogP contribution in [-0.2, 0) is 0 Å². The van der Waals surface area contributed by atoms with Crippen molar-refractivity contribution in [2.24, 2.45) is 0 Å². The second-order valence-corrected chi connectivity index (χ2v) is 6.47. The smallest absolute Gasteiger partial charge is 0.0880 e. The van der Waals surface area contributed by atoms with Crippen molar-refractivity contribution in [3.8, 4) is 0 Å². The van der Waals surface area contributed by atoms with Crippen LogP contribution in [0.4, 0.5) is 0 Å². The molecule has 0 aromatic heterocycles. The lowest BCUT2D eigenvalue weighted by Crippen LogP contribution is -2.05. The fourth-order valence-corrected chi connectivity index (χ4v) is 3.03. The topological polar surface area (TPSA) is 40.5 Å². The van der Waals surface area contributed by atoms with Gasteiger partial charge in [0.05, 0.1) is 12.2 Å². The molecular formula is C18H22O2S. The maximum absolute atomic E-state index is 10.1. The molecule has 0 spiro atoms. The molecule has 0 fully saturated rings. The van der Waals surface area contributed by atoms with Crippen LogP contribution in [0.1, 0.15) is 34.5 Å². The molecule has 0 bridgehead atoms. The van der Waals surface area contributed by atoms with Crippen LogP contribution in [0, 0.1) is 13.8 Å². The van der Waals surface area contributed by atoms with E-state index in [0.29, 0.717) is 11.5 Å². The fourth-order valence-electron chi connectivity index (χ4n) is 2.06. The van der Waals surface area contributed by atoms with E-state index in [1.54, 1.807) is 11.8 Å². The summed E-state index contributed by atoms with van der Waals surface area (Å²) in [5, 5.41) is 20.3. The fraction of sp³-hybridized carbons (Fsp3) is 0.333. The average molecular weight is 302 g/mol. The van der Waals surface area contributed by atoms with Crippen molar-refractivity contribution in [2.45, 2.75) is 26.1 Å². The Morgan fingerprint density at radius 1 is 0.714 bits per heavy atom. The van der Waals surface area contributed by atoms with Crippen LogP contribution >= 0.6 is 11.8 Å². The molecule has 0 saturated heterocycles. The number of aliphatic hydroxyl groups excluding tert-OH is 2. The Labute approximate surface area is 130 Å². The predicted octanol–water partition coefficient (Wildman–Crippen LogP) is 3.80. The highest BCUT2D eigenvalue weighted by Gasteiger charge is 2.11. The third kappa shape index (κ3) is 4.88. The number of aryl methyl sites for hydroxylation is 2. The van der Waals surface area contributed by atoms with Crippen LogP contribution in [-0.4, -0.2) is 21.7 Å². The van der Waals surface area contributed by atoms with Gasteiger partial charge in [0.2, 0.25) is 0 Å². The molecule has 2 atom stereocenters. The number of hydrogen-bond donors (Lipinski definition) is 2. The summed E-state index contributed by atoms with van der Waals surface area (Å²) in [7, 11) is 0. The van der Waals surface area contributed by atoms with E-state index in [-0.39, 0.29) is 0 Å². The lowest BCUT2D eigenvalue weighted by molar-refractivity contribution is 0.198. The van der Waals surface area contributed by atoms with Crippen molar-refractivity contribution < 1.29 is 10.2 Å². The maximum Gasteiger partial charge on any atom is 0.0880 e. The summed E-state index contributed by atoms with van der Waals surface area (Å²) in [5.74, 6) is 1.18. The Hall–Kier alpha value is -1.29. The SMILES string of the molecule is Cc1ccc(C(O)CSCC(O)c2ccc(C)cc2)cc1. The van der Waals surface area contributed by atoms with Gasteiger partial charge in [0.25, 0.3) is 0 Å². The second kappa shape index (κ2) is 7.64. The van der Waals surface area contributed by atoms with Gasteiger partial charge in [-0.3, -0.25) is 0 Å². The molecule has 0 aliphatic carbocycles. The van der Waals surface area contributed by atoms with E-state index in [2.05, 4.69) is 0 Å². The number of benzene rings is 2. The van der Waals surface area contributed by atoms with E-state index >= 15 is 0 Å². The minimum atomic E-state index is -0.485. The van der Waals surface area contributed by atoms with Crippen molar-refractivity contribution in [2.75, 3.05) is 11.5 Å². The van der Waals surface area contributed by atoms with E-state index in [1.807, 2.05) is 62.4 Å². The number of aliphatic hydroxyl groups is 2. The first-order valence-electron chi connectivity index (χ1n) is 7.13.